The minimum atomic E-state index is -4.73. The number of aromatic nitrogens is 1. The van der Waals surface area contributed by atoms with E-state index in [9.17, 15) is 25.3 Å². The Kier molecular flexibility index (Phi) is 5.78. The summed E-state index contributed by atoms with van der Waals surface area (Å²) in [6, 6.07) is 7.17. The van der Waals surface area contributed by atoms with Crippen molar-refractivity contribution < 1.29 is 39.1 Å². The van der Waals surface area contributed by atoms with Crippen LogP contribution in [0.1, 0.15) is 0 Å². The summed E-state index contributed by atoms with van der Waals surface area (Å²) in [6.45, 7) is -0.247. The average Bonchev–Trinajstić information content (AvgIpc) is 3.04. The number of benzene rings is 2. The first-order valence-corrected chi connectivity index (χ1v) is 13.4. The van der Waals surface area contributed by atoms with E-state index in [1.807, 2.05) is 0 Å². The molecule has 15 heteroatoms. The minimum absolute atomic E-state index is 0.0347. The van der Waals surface area contributed by atoms with E-state index in [1.165, 1.54) is 6.07 Å². The largest absolute Gasteiger partial charge is 0.473 e. The molecule has 0 amide bonds. The average molecular weight is 495 g/mol. The molecule has 0 saturated carbocycles. The van der Waals surface area contributed by atoms with Crippen LogP contribution in [0.25, 0.3) is 10.2 Å². The third kappa shape index (κ3) is 5.24. The van der Waals surface area contributed by atoms with Crippen molar-refractivity contribution >= 4 is 57.3 Å². The molecule has 3 aromatic rings. The SMILES string of the molecule is CS(=O)(=O)c1nc2ccc(OCNc3cc(S(=O)(=O)O)cc(S(=O)(=O)O)c3)cc2s1. The van der Waals surface area contributed by atoms with Crippen LogP contribution in [0.2, 0.25) is 0 Å². The molecular weight excluding hydrogens is 480 g/mol. The normalized spacial score (nSPS) is 12.8. The maximum Gasteiger partial charge on any atom is 0.294 e. The van der Waals surface area contributed by atoms with E-state index >= 15 is 0 Å². The lowest BCUT2D eigenvalue weighted by Gasteiger charge is -2.11. The van der Waals surface area contributed by atoms with Crippen LogP contribution >= 0.6 is 11.3 Å². The van der Waals surface area contributed by atoms with Gasteiger partial charge >= 0.3 is 0 Å². The molecule has 0 aliphatic heterocycles. The Morgan fingerprint density at radius 1 is 0.967 bits per heavy atom. The van der Waals surface area contributed by atoms with Gasteiger partial charge in [0.1, 0.15) is 5.75 Å². The van der Waals surface area contributed by atoms with Crippen LogP contribution in [0.5, 0.6) is 5.75 Å². The fourth-order valence-corrected chi connectivity index (χ4v) is 5.35. The summed E-state index contributed by atoms with van der Waals surface area (Å²) in [4.78, 5) is 2.54. The van der Waals surface area contributed by atoms with Gasteiger partial charge in [0.15, 0.2) is 6.73 Å². The molecule has 2 aromatic carbocycles. The first-order valence-electron chi connectivity index (χ1n) is 7.81. The van der Waals surface area contributed by atoms with Crippen molar-refractivity contribution in [1.82, 2.24) is 4.98 Å². The van der Waals surface area contributed by atoms with Crippen molar-refractivity contribution in [3.05, 3.63) is 36.4 Å². The lowest BCUT2D eigenvalue weighted by atomic mass is 10.3. The molecule has 0 fully saturated rings. The molecule has 0 atom stereocenters. The second kappa shape index (κ2) is 7.75. The molecule has 1 aromatic heterocycles. The van der Waals surface area contributed by atoms with Crippen LogP contribution in [0.4, 0.5) is 5.69 Å². The minimum Gasteiger partial charge on any atom is -0.473 e. The molecule has 30 heavy (non-hydrogen) atoms. The Morgan fingerprint density at radius 2 is 1.57 bits per heavy atom. The predicted octanol–water partition coefficient (Wildman–Crippen LogP) is 1.64. The van der Waals surface area contributed by atoms with Crippen molar-refractivity contribution in [1.29, 1.82) is 0 Å². The molecule has 3 rings (SSSR count). The lowest BCUT2D eigenvalue weighted by molar-refractivity contribution is 0.347. The van der Waals surface area contributed by atoms with Gasteiger partial charge in [0.2, 0.25) is 14.2 Å². The number of nitrogens with zero attached hydrogens (tertiary/aromatic N) is 1. The van der Waals surface area contributed by atoms with Gasteiger partial charge in [-0.2, -0.15) is 16.8 Å². The maximum atomic E-state index is 11.6. The van der Waals surface area contributed by atoms with Crippen LogP contribution in [-0.4, -0.2) is 52.3 Å². The van der Waals surface area contributed by atoms with Gasteiger partial charge in [-0.15, -0.1) is 11.3 Å². The Labute approximate surface area is 175 Å². The van der Waals surface area contributed by atoms with Crippen LogP contribution in [0.15, 0.2) is 50.5 Å². The standard InChI is InChI=1S/C15H14N2O9S4/c1-28(18,19)15-17-13-3-2-10(6-14(13)27-15)26-8-16-9-4-11(29(20,21)22)7-12(5-9)30(23,24)25/h2-7,16H,8H2,1H3,(H,20,21,22)(H,23,24,25). The molecule has 0 aliphatic carbocycles. The smallest absolute Gasteiger partial charge is 0.294 e. The van der Waals surface area contributed by atoms with Crippen molar-refractivity contribution in [2.45, 2.75) is 14.1 Å². The Morgan fingerprint density at radius 3 is 2.10 bits per heavy atom. The van der Waals surface area contributed by atoms with Crippen molar-refractivity contribution in [2.75, 3.05) is 18.3 Å². The highest BCUT2D eigenvalue weighted by Crippen LogP contribution is 2.29. The van der Waals surface area contributed by atoms with Gasteiger partial charge in [0.25, 0.3) is 20.2 Å². The first kappa shape index (κ1) is 22.4. The van der Waals surface area contributed by atoms with Crippen LogP contribution in [0, 0.1) is 0 Å². The number of fused-ring (bicyclic) bond motifs is 1. The molecule has 0 unspecified atom stereocenters. The molecular formula is C15H14N2O9S4. The zero-order valence-corrected chi connectivity index (χ0v) is 18.3. The van der Waals surface area contributed by atoms with Crippen LogP contribution in [0.3, 0.4) is 0 Å². The van der Waals surface area contributed by atoms with Crippen molar-refractivity contribution in [3.8, 4) is 5.75 Å². The fraction of sp³-hybridized carbons (Fsp3) is 0.133. The monoisotopic (exact) mass is 494 g/mol. The molecule has 3 N–H and O–H groups in total. The summed E-state index contributed by atoms with van der Waals surface area (Å²) in [5.41, 5.74) is 0.412. The number of rotatable bonds is 7. The summed E-state index contributed by atoms with van der Waals surface area (Å²) in [6.07, 6.45) is 1.05. The van der Waals surface area contributed by atoms with Crippen LogP contribution < -0.4 is 10.1 Å². The molecule has 1 heterocycles. The molecule has 0 aliphatic rings. The third-order valence-electron chi connectivity index (χ3n) is 3.65. The number of ether oxygens (including phenoxy) is 1. The molecule has 11 nitrogen and oxygen atoms in total. The molecule has 0 bridgehead atoms. The summed E-state index contributed by atoms with van der Waals surface area (Å²) in [5, 5.41) is 2.61. The summed E-state index contributed by atoms with van der Waals surface area (Å²) in [5.74, 6) is 0.333. The Bertz CT molecular complexity index is 1390. The number of hydrogen-bond donors (Lipinski definition) is 3. The van der Waals surface area contributed by atoms with E-state index in [1.54, 1.807) is 12.1 Å². The molecule has 162 valence electrons. The van der Waals surface area contributed by atoms with Gasteiger partial charge in [-0.05, 0) is 36.4 Å². The zero-order chi connectivity index (χ0) is 22.3. The quantitative estimate of drug-likeness (QED) is 0.321. The number of sulfone groups is 1. The Balaban J connectivity index is 1.80. The highest BCUT2D eigenvalue weighted by atomic mass is 32.2. The predicted molar refractivity (Wildman–Crippen MR) is 108 cm³/mol. The second-order valence-corrected chi connectivity index (χ2v) is 12.1. The number of nitrogens with one attached hydrogen (secondary N) is 1. The summed E-state index contributed by atoms with van der Waals surface area (Å²) < 4.78 is 92.8. The third-order valence-corrected chi connectivity index (χ3v) is 8.01. The van der Waals surface area contributed by atoms with Gasteiger partial charge in [-0.3, -0.25) is 9.11 Å². The van der Waals surface area contributed by atoms with Gasteiger partial charge in [-0.1, -0.05) is 0 Å². The second-order valence-electron chi connectivity index (χ2n) is 5.99. The highest BCUT2D eigenvalue weighted by molar-refractivity contribution is 7.92. The number of thiazole rings is 1. The van der Waals surface area contributed by atoms with Crippen molar-refractivity contribution in [3.63, 3.8) is 0 Å². The van der Waals surface area contributed by atoms with Gasteiger partial charge in [0, 0.05) is 11.9 Å². The fourth-order valence-electron chi connectivity index (χ4n) is 2.31. The van der Waals surface area contributed by atoms with Gasteiger partial charge in [0.05, 0.1) is 20.0 Å². The summed E-state index contributed by atoms with van der Waals surface area (Å²) in [7, 11) is -12.9. The van der Waals surface area contributed by atoms with E-state index < -0.39 is 39.9 Å². The topological polar surface area (TPSA) is 177 Å². The van der Waals surface area contributed by atoms with E-state index in [0.29, 0.717) is 22.0 Å². The Hall–Kier alpha value is -2.30. The summed E-state index contributed by atoms with van der Waals surface area (Å²) >= 11 is 0.969. The lowest BCUT2D eigenvalue weighted by Crippen LogP contribution is -2.11. The molecule has 0 spiro atoms. The van der Waals surface area contributed by atoms with E-state index in [0.717, 1.165) is 29.7 Å². The van der Waals surface area contributed by atoms with Crippen LogP contribution in [-0.2, 0) is 30.1 Å². The van der Waals surface area contributed by atoms with E-state index in [2.05, 4.69) is 10.3 Å². The van der Waals surface area contributed by atoms with E-state index in [-0.39, 0.29) is 16.8 Å². The highest BCUT2D eigenvalue weighted by Gasteiger charge is 2.18. The zero-order valence-electron chi connectivity index (χ0n) is 15.0. The number of anilines is 1. The first-order chi connectivity index (χ1) is 13.7. The molecule has 0 saturated heterocycles. The van der Waals surface area contributed by atoms with E-state index in [4.69, 9.17) is 13.8 Å². The number of hydrogen-bond acceptors (Lipinski definition) is 10. The van der Waals surface area contributed by atoms with Crippen molar-refractivity contribution in [2.24, 2.45) is 0 Å². The van der Waals surface area contributed by atoms with Gasteiger partial charge in [-0.25, -0.2) is 13.4 Å². The maximum absolute atomic E-state index is 11.6. The molecule has 0 radical (unpaired) electrons. The van der Waals surface area contributed by atoms with Gasteiger partial charge < -0.3 is 10.1 Å².